The minimum absolute atomic E-state index is 0.0278. The molecular formula is C47H63FN2O8. The normalized spacial score (nSPS) is 28.6. The first-order valence-electron chi connectivity index (χ1n) is 21.9. The third-order valence-electron chi connectivity index (χ3n) is 13.3. The van der Waals surface area contributed by atoms with Crippen LogP contribution in [0.3, 0.4) is 0 Å². The van der Waals surface area contributed by atoms with Crippen LogP contribution in [-0.4, -0.2) is 76.4 Å². The fourth-order valence-electron chi connectivity index (χ4n) is 10.5. The highest BCUT2D eigenvalue weighted by Crippen LogP contribution is 2.62. The molecule has 0 radical (unpaired) electrons. The van der Waals surface area contributed by atoms with Gasteiger partial charge in [-0.25, -0.2) is 4.39 Å². The molecule has 1 saturated heterocycles. The molecule has 3 fully saturated rings. The van der Waals surface area contributed by atoms with Gasteiger partial charge in [-0.3, -0.25) is 4.79 Å². The molecule has 0 bridgehead atoms. The maximum Gasteiger partial charge on any atom is 0.239 e. The van der Waals surface area contributed by atoms with Crippen LogP contribution in [0.2, 0.25) is 0 Å². The van der Waals surface area contributed by atoms with E-state index in [0.29, 0.717) is 43.2 Å². The number of phenolic OH excluding ortho intramolecular Hbond substituents is 1. The number of carbonyl (C=O) groups is 1. The van der Waals surface area contributed by atoms with Crippen LogP contribution in [0, 0.1) is 29.5 Å². The Hall–Kier alpha value is -3.77. The fourth-order valence-corrected chi connectivity index (χ4v) is 10.5. The van der Waals surface area contributed by atoms with Crippen molar-refractivity contribution in [2.75, 3.05) is 26.4 Å². The molecule has 0 spiro atoms. The Bertz CT molecular complexity index is 1740. The molecule has 2 aromatic rings. The van der Waals surface area contributed by atoms with Gasteiger partial charge >= 0.3 is 0 Å². The average Bonchev–Trinajstić information content (AvgIpc) is 3.77. The lowest BCUT2D eigenvalue weighted by atomic mass is 9.55. The first-order valence-corrected chi connectivity index (χ1v) is 21.9. The summed E-state index contributed by atoms with van der Waals surface area (Å²) in [5.41, 5.74) is 3.28. The van der Waals surface area contributed by atoms with Crippen molar-refractivity contribution in [2.45, 2.75) is 133 Å². The Kier molecular flexibility index (Phi) is 14.6. The second-order valence-electron chi connectivity index (χ2n) is 17.0. The molecule has 1 amide bonds. The van der Waals surface area contributed by atoms with Crippen LogP contribution in [0.5, 0.6) is 11.5 Å². The molecule has 2 aromatic carbocycles. The summed E-state index contributed by atoms with van der Waals surface area (Å²) in [6.45, 7) is 5.18. The van der Waals surface area contributed by atoms with Gasteiger partial charge in [-0.1, -0.05) is 68.0 Å². The van der Waals surface area contributed by atoms with E-state index in [0.717, 1.165) is 80.9 Å². The summed E-state index contributed by atoms with van der Waals surface area (Å²) < 4.78 is 34.6. The van der Waals surface area contributed by atoms with E-state index in [4.69, 9.17) is 24.2 Å². The number of nitrogens with zero attached hydrogens (tertiary/aromatic N) is 2. The standard InChI is InChI=1S/C47H63FN2O8/c1-2-26-56-47-42(50(31-33-16-19-35(48)20-17-33)43(54)23-18-32-11-3-4-12-32)30-40(49-58-44-15-7-10-27-55-44)38-28-34(13-5-8-24-51)37(14-6-9-25-52)45(46(38)47)39-29-36(53)21-22-41(39)57-47/h2,16-17,19-22,28-29,32,34,37,42,44-46,51-53H,1,3-15,18,23-27,30-31H2. The lowest BCUT2D eigenvalue weighted by molar-refractivity contribution is -0.258. The van der Waals surface area contributed by atoms with Gasteiger partial charge < -0.3 is 39.3 Å². The first-order chi connectivity index (χ1) is 28.3. The zero-order valence-electron chi connectivity index (χ0n) is 33.9. The van der Waals surface area contributed by atoms with Gasteiger partial charge in [-0.15, -0.1) is 6.58 Å². The SMILES string of the molecule is C=CCOC12Oc3ccc(O)cc3C3C(CCCCO)C(CCCCO)C=C(C(=NOC4CCCCO4)CC1N(Cc1ccc(F)cc1)C(=O)CCC1CCCC1)C32. The zero-order valence-corrected chi connectivity index (χ0v) is 33.9. The summed E-state index contributed by atoms with van der Waals surface area (Å²) in [5, 5.41) is 35.7. The molecule has 7 atom stereocenters. The number of hydrogen-bond donors (Lipinski definition) is 3. The Morgan fingerprint density at radius 1 is 0.983 bits per heavy atom. The Morgan fingerprint density at radius 2 is 1.74 bits per heavy atom. The number of phenols is 1. The molecule has 5 aliphatic rings. The third kappa shape index (κ3) is 9.48. The number of allylic oxidation sites excluding steroid dienone is 1. The van der Waals surface area contributed by atoms with E-state index in [1.807, 2.05) is 4.90 Å². The van der Waals surface area contributed by atoms with Crippen LogP contribution in [0.15, 0.2) is 71.9 Å². The van der Waals surface area contributed by atoms with Gasteiger partial charge in [-0.05, 0) is 104 Å². The van der Waals surface area contributed by atoms with Crippen molar-refractivity contribution in [1.29, 1.82) is 0 Å². The van der Waals surface area contributed by atoms with Crippen molar-refractivity contribution in [3.05, 3.63) is 83.7 Å². The first kappa shape index (κ1) is 42.4. The summed E-state index contributed by atoms with van der Waals surface area (Å²) in [6, 6.07) is 10.9. The van der Waals surface area contributed by atoms with Gasteiger partial charge in [-0.2, -0.15) is 0 Å². The lowest BCUT2D eigenvalue weighted by Gasteiger charge is -2.60. The Morgan fingerprint density at radius 3 is 2.47 bits per heavy atom. The van der Waals surface area contributed by atoms with Gasteiger partial charge in [0.05, 0.1) is 24.8 Å². The molecule has 0 aromatic heterocycles. The number of fused-ring (bicyclic) bond motifs is 2. The number of carbonyl (C=O) groups excluding carboxylic acids is 1. The number of halogens is 1. The van der Waals surface area contributed by atoms with Gasteiger partial charge in [0.15, 0.2) is 0 Å². The number of aliphatic hydroxyl groups excluding tert-OH is 2. The lowest BCUT2D eigenvalue weighted by Crippen LogP contribution is -2.70. The number of rotatable bonds is 19. The maximum atomic E-state index is 15.0. The number of benzene rings is 2. The average molecular weight is 803 g/mol. The topological polar surface area (TPSA) is 130 Å². The molecule has 2 aliphatic heterocycles. The molecule has 7 rings (SSSR count). The monoisotopic (exact) mass is 802 g/mol. The van der Waals surface area contributed by atoms with Crippen LogP contribution in [0.1, 0.15) is 120 Å². The van der Waals surface area contributed by atoms with Crippen LogP contribution < -0.4 is 4.74 Å². The molecule has 10 nitrogen and oxygen atoms in total. The van der Waals surface area contributed by atoms with Crippen LogP contribution in [0.4, 0.5) is 4.39 Å². The second-order valence-corrected chi connectivity index (χ2v) is 17.0. The number of unbranched alkanes of at least 4 members (excludes halogenated alkanes) is 2. The highest BCUT2D eigenvalue weighted by atomic mass is 19.1. The van der Waals surface area contributed by atoms with E-state index in [2.05, 4.69) is 12.7 Å². The number of aliphatic hydroxyl groups is 2. The molecule has 58 heavy (non-hydrogen) atoms. The Balaban J connectivity index is 1.41. The van der Waals surface area contributed by atoms with E-state index in [1.54, 1.807) is 36.4 Å². The summed E-state index contributed by atoms with van der Waals surface area (Å²) in [4.78, 5) is 23.1. The van der Waals surface area contributed by atoms with E-state index in [-0.39, 0.29) is 68.0 Å². The van der Waals surface area contributed by atoms with Crippen LogP contribution in [0.25, 0.3) is 0 Å². The minimum Gasteiger partial charge on any atom is -0.508 e. The Labute approximate surface area is 343 Å². The number of amides is 1. The summed E-state index contributed by atoms with van der Waals surface area (Å²) in [5.74, 6) is -1.18. The van der Waals surface area contributed by atoms with E-state index < -0.39 is 24.0 Å². The van der Waals surface area contributed by atoms with E-state index in [1.165, 1.54) is 25.0 Å². The van der Waals surface area contributed by atoms with Crippen molar-refractivity contribution in [3.63, 3.8) is 0 Å². The largest absolute Gasteiger partial charge is 0.508 e. The van der Waals surface area contributed by atoms with Gasteiger partial charge in [0.25, 0.3) is 0 Å². The van der Waals surface area contributed by atoms with Gasteiger partial charge in [0.2, 0.25) is 18.0 Å². The molecule has 2 heterocycles. The second kappa shape index (κ2) is 20.0. The summed E-state index contributed by atoms with van der Waals surface area (Å²) in [6.07, 6.45) is 16.8. The molecule has 3 aliphatic carbocycles. The molecule has 2 saturated carbocycles. The van der Waals surface area contributed by atoms with E-state index >= 15 is 0 Å². The molecular weight excluding hydrogens is 740 g/mol. The predicted octanol–water partition coefficient (Wildman–Crippen LogP) is 8.69. The number of hydrogen-bond acceptors (Lipinski definition) is 9. The van der Waals surface area contributed by atoms with Crippen LogP contribution in [-0.2, 0) is 25.7 Å². The molecule has 11 heteroatoms. The maximum absolute atomic E-state index is 15.0. The van der Waals surface area contributed by atoms with Crippen molar-refractivity contribution >= 4 is 11.6 Å². The zero-order chi connectivity index (χ0) is 40.5. The fraction of sp³-hybridized carbons (Fsp3) is 0.617. The smallest absolute Gasteiger partial charge is 0.239 e. The highest BCUT2D eigenvalue weighted by Gasteiger charge is 2.65. The van der Waals surface area contributed by atoms with Crippen molar-refractivity contribution in [2.24, 2.45) is 28.8 Å². The van der Waals surface area contributed by atoms with Gasteiger partial charge in [0.1, 0.15) is 23.4 Å². The van der Waals surface area contributed by atoms with Gasteiger partial charge in [0, 0.05) is 50.5 Å². The summed E-state index contributed by atoms with van der Waals surface area (Å²) in [7, 11) is 0. The number of ether oxygens (including phenoxy) is 3. The van der Waals surface area contributed by atoms with E-state index in [9.17, 15) is 24.5 Å². The predicted molar refractivity (Wildman–Crippen MR) is 219 cm³/mol. The number of aromatic hydroxyl groups is 1. The van der Waals surface area contributed by atoms with Crippen molar-refractivity contribution in [3.8, 4) is 11.5 Å². The molecule has 3 N–H and O–H groups in total. The van der Waals surface area contributed by atoms with Crippen molar-refractivity contribution in [1.82, 2.24) is 4.90 Å². The third-order valence-corrected chi connectivity index (χ3v) is 13.3. The highest BCUT2D eigenvalue weighted by molar-refractivity contribution is 6.03. The van der Waals surface area contributed by atoms with Crippen molar-refractivity contribution < 1.29 is 43.6 Å². The molecule has 316 valence electrons. The summed E-state index contributed by atoms with van der Waals surface area (Å²) >= 11 is 0. The minimum atomic E-state index is -1.41. The number of oxime groups is 1. The molecule has 7 unspecified atom stereocenters. The quantitative estimate of drug-likeness (QED) is 0.0731. The van der Waals surface area contributed by atoms with Crippen LogP contribution >= 0.6 is 0 Å².